The van der Waals surface area contributed by atoms with Gasteiger partial charge in [0.05, 0.1) is 11.6 Å². The summed E-state index contributed by atoms with van der Waals surface area (Å²) >= 11 is 0. The molecule has 1 unspecified atom stereocenters. The number of hydrogen-bond acceptors (Lipinski definition) is 5. The monoisotopic (exact) mass is 296 g/mol. The third-order valence-electron chi connectivity index (χ3n) is 3.39. The van der Waals surface area contributed by atoms with Gasteiger partial charge in [0.1, 0.15) is 17.3 Å². The van der Waals surface area contributed by atoms with Crippen molar-refractivity contribution in [3.05, 3.63) is 71.6 Å². The number of carbonyl (C=O) groups excluding carboxylic acids is 1. The molecule has 1 atom stereocenters. The second-order valence-electron chi connectivity index (χ2n) is 4.88. The molecule has 6 nitrogen and oxygen atoms in total. The maximum Gasteiger partial charge on any atom is 0.250 e. The Morgan fingerprint density at radius 1 is 1.00 bits per heavy atom. The maximum absolute atomic E-state index is 11.5. The average Bonchev–Trinajstić information content (AvgIpc) is 2.91. The molecule has 0 spiro atoms. The molecule has 2 aromatic carbocycles. The normalized spacial score (nSPS) is 17.2. The molecular formula is C16H16N4O2. The standard InChI is InChI=1S/C16H16N4O2/c17-15-13(16(18)21)14(19-20-15)10-6-8-12(9-7-10)22-11-4-2-1-3-5-11/h1-9,14,19-20H,17H2,(H2,18,21). The number of carbonyl (C=O) groups is 1. The first-order valence-corrected chi connectivity index (χ1v) is 6.79. The van der Waals surface area contributed by atoms with Crippen LogP contribution in [-0.2, 0) is 4.79 Å². The van der Waals surface area contributed by atoms with Crippen LogP contribution in [0.15, 0.2) is 66.0 Å². The minimum absolute atomic E-state index is 0.252. The molecule has 3 rings (SSSR count). The lowest BCUT2D eigenvalue weighted by Crippen LogP contribution is -2.29. The van der Waals surface area contributed by atoms with E-state index in [4.69, 9.17) is 16.2 Å². The van der Waals surface area contributed by atoms with Crippen molar-refractivity contribution in [2.45, 2.75) is 6.04 Å². The van der Waals surface area contributed by atoms with Gasteiger partial charge in [-0.25, -0.2) is 5.43 Å². The second-order valence-corrected chi connectivity index (χ2v) is 4.88. The van der Waals surface area contributed by atoms with Crippen LogP contribution in [0.2, 0.25) is 0 Å². The minimum atomic E-state index is -0.551. The highest BCUT2D eigenvalue weighted by Gasteiger charge is 2.29. The summed E-state index contributed by atoms with van der Waals surface area (Å²) in [6.07, 6.45) is 0. The minimum Gasteiger partial charge on any atom is -0.457 e. The van der Waals surface area contributed by atoms with Crippen molar-refractivity contribution in [3.63, 3.8) is 0 Å². The van der Waals surface area contributed by atoms with E-state index in [-0.39, 0.29) is 11.9 Å². The fourth-order valence-electron chi connectivity index (χ4n) is 2.32. The van der Waals surface area contributed by atoms with E-state index < -0.39 is 5.91 Å². The Balaban J connectivity index is 1.79. The van der Waals surface area contributed by atoms with Gasteiger partial charge in [-0.3, -0.25) is 4.79 Å². The van der Waals surface area contributed by atoms with Crippen molar-refractivity contribution in [2.75, 3.05) is 0 Å². The average molecular weight is 296 g/mol. The summed E-state index contributed by atoms with van der Waals surface area (Å²) in [5, 5.41) is 0. The first kappa shape index (κ1) is 14.0. The van der Waals surface area contributed by atoms with Crippen LogP contribution < -0.4 is 27.1 Å². The topological polar surface area (TPSA) is 102 Å². The van der Waals surface area contributed by atoms with E-state index in [0.717, 1.165) is 11.3 Å². The summed E-state index contributed by atoms with van der Waals surface area (Å²) in [6, 6.07) is 16.5. The summed E-state index contributed by atoms with van der Waals surface area (Å²) in [7, 11) is 0. The van der Waals surface area contributed by atoms with Crippen molar-refractivity contribution in [3.8, 4) is 11.5 Å². The summed E-state index contributed by atoms with van der Waals surface area (Å²) in [6.45, 7) is 0. The first-order valence-electron chi connectivity index (χ1n) is 6.79. The fourth-order valence-corrected chi connectivity index (χ4v) is 2.32. The van der Waals surface area contributed by atoms with Crippen LogP contribution in [0, 0.1) is 0 Å². The van der Waals surface area contributed by atoms with Gasteiger partial charge in [-0.05, 0) is 29.8 Å². The van der Waals surface area contributed by atoms with Gasteiger partial charge in [0.2, 0.25) is 5.91 Å². The highest BCUT2D eigenvalue weighted by molar-refractivity contribution is 5.94. The van der Waals surface area contributed by atoms with Crippen molar-refractivity contribution in [1.82, 2.24) is 10.9 Å². The van der Waals surface area contributed by atoms with E-state index in [1.54, 1.807) is 0 Å². The molecule has 0 aliphatic carbocycles. The molecule has 6 heteroatoms. The van der Waals surface area contributed by atoms with Gasteiger partial charge in [-0.15, -0.1) is 0 Å². The largest absolute Gasteiger partial charge is 0.457 e. The van der Waals surface area contributed by atoms with E-state index in [0.29, 0.717) is 11.3 Å². The molecule has 1 amide bonds. The fraction of sp³-hybridized carbons (Fsp3) is 0.0625. The molecule has 0 saturated carbocycles. The van der Waals surface area contributed by atoms with Crippen LogP contribution in [0.25, 0.3) is 0 Å². The van der Waals surface area contributed by atoms with Crippen molar-refractivity contribution >= 4 is 5.91 Å². The summed E-state index contributed by atoms with van der Waals surface area (Å²) in [5.41, 5.74) is 17.9. The van der Waals surface area contributed by atoms with E-state index in [1.165, 1.54) is 0 Å². The molecule has 0 radical (unpaired) electrons. The van der Waals surface area contributed by atoms with E-state index >= 15 is 0 Å². The van der Waals surface area contributed by atoms with Crippen LogP contribution in [0.3, 0.4) is 0 Å². The molecular weight excluding hydrogens is 280 g/mol. The predicted molar refractivity (Wildman–Crippen MR) is 82.4 cm³/mol. The summed E-state index contributed by atoms with van der Waals surface area (Å²) in [4.78, 5) is 11.5. The number of para-hydroxylation sites is 1. The molecule has 1 aliphatic rings. The predicted octanol–water partition coefficient (Wildman–Crippen LogP) is 1.28. The Kier molecular flexibility index (Phi) is 3.67. The molecule has 1 heterocycles. The number of hydrazine groups is 1. The molecule has 22 heavy (non-hydrogen) atoms. The lowest BCUT2D eigenvalue weighted by atomic mass is 10.00. The van der Waals surface area contributed by atoms with E-state index in [2.05, 4.69) is 10.9 Å². The number of rotatable bonds is 4. The third-order valence-corrected chi connectivity index (χ3v) is 3.39. The quantitative estimate of drug-likeness (QED) is 0.681. The molecule has 2 aromatic rings. The van der Waals surface area contributed by atoms with Gasteiger partial charge in [0.15, 0.2) is 0 Å². The second kappa shape index (κ2) is 5.79. The SMILES string of the molecule is NC(=O)C1=C(N)NNC1c1ccc(Oc2ccccc2)cc1. The molecule has 0 aromatic heterocycles. The van der Waals surface area contributed by atoms with Crippen LogP contribution >= 0.6 is 0 Å². The van der Waals surface area contributed by atoms with Gasteiger partial charge in [0.25, 0.3) is 0 Å². The highest BCUT2D eigenvalue weighted by atomic mass is 16.5. The number of ether oxygens (including phenoxy) is 1. The zero-order chi connectivity index (χ0) is 15.5. The number of nitrogens with two attached hydrogens (primary N) is 2. The number of hydrogen-bond donors (Lipinski definition) is 4. The zero-order valence-electron chi connectivity index (χ0n) is 11.7. The first-order chi connectivity index (χ1) is 10.6. The molecule has 6 N–H and O–H groups in total. The molecule has 0 bridgehead atoms. The van der Waals surface area contributed by atoms with Gasteiger partial charge in [-0.2, -0.15) is 0 Å². The van der Waals surface area contributed by atoms with Crippen LogP contribution in [0.4, 0.5) is 0 Å². The van der Waals surface area contributed by atoms with Gasteiger partial charge >= 0.3 is 0 Å². The Morgan fingerprint density at radius 3 is 2.27 bits per heavy atom. The molecule has 0 saturated heterocycles. The Morgan fingerprint density at radius 2 is 1.64 bits per heavy atom. The van der Waals surface area contributed by atoms with Crippen LogP contribution in [0.1, 0.15) is 11.6 Å². The third kappa shape index (κ3) is 2.72. The van der Waals surface area contributed by atoms with Crippen molar-refractivity contribution in [2.24, 2.45) is 11.5 Å². The highest BCUT2D eigenvalue weighted by Crippen LogP contribution is 2.28. The van der Waals surface area contributed by atoms with Gasteiger partial charge in [0, 0.05) is 0 Å². The van der Waals surface area contributed by atoms with Crippen molar-refractivity contribution < 1.29 is 9.53 Å². The van der Waals surface area contributed by atoms with Gasteiger partial charge < -0.3 is 21.6 Å². The molecule has 0 fully saturated rings. The van der Waals surface area contributed by atoms with Crippen molar-refractivity contribution in [1.29, 1.82) is 0 Å². The lowest BCUT2D eigenvalue weighted by Gasteiger charge is -2.13. The summed E-state index contributed by atoms with van der Waals surface area (Å²) < 4.78 is 5.73. The molecule has 1 aliphatic heterocycles. The van der Waals surface area contributed by atoms with Crippen LogP contribution in [-0.4, -0.2) is 5.91 Å². The van der Waals surface area contributed by atoms with Crippen LogP contribution in [0.5, 0.6) is 11.5 Å². The smallest absolute Gasteiger partial charge is 0.250 e. The van der Waals surface area contributed by atoms with E-state index in [1.807, 2.05) is 54.6 Å². The number of benzene rings is 2. The number of amides is 1. The maximum atomic E-state index is 11.5. The number of primary amides is 1. The van der Waals surface area contributed by atoms with E-state index in [9.17, 15) is 4.79 Å². The zero-order valence-corrected chi connectivity index (χ0v) is 11.7. The Labute approximate surface area is 127 Å². The molecule has 112 valence electrons. The number of nitrogens with one attached hydrogen (secondary N) is 2. The Hall–Kier alpha value is -2.99. The summed E-state index contributed by atoms with van der Waals surface area (Å²) in [5.74, 6) is 1.17. The lowest BCUT2D eigenvalue weighted by molar-refractivity contribution is -0.114. The van der Waals surface area contributed by atoms with Gasteiger partial charge in [-0.1, -0.05) is 30.3 Å². The Bertz CT molecular complexity index is 711.